The van der Waals surface area contributed by atoms with Crippen molar-refractivity contribution in [3.05, 3.63) is 310 Å². The van der Waals surface area contributed by atoms with Gasteiger partial charge in [0.05, 0.1) is 83.6 Å². The second-order valence-corrected chi connectivity index (χ2v) is 36.1. The summed E-state index contributed by atoms with van der Waals surface area (Å²) in [5.41, 5.74) is 17.0. The lowest BCUT2D eigenvalue weighted by molar-refractivity contribution is 0.476. The molecule has 0 aliphatic rings. The van der Waals surface area contributed by atoms with Crippen molar-refractivity contribution in [2.24, 2.45) is 0 Å². The van der Waals surface area contributed by atoms with E-state index in [9.17, 15) is 25.5 Å². The van der Waals surface area contributed by atoms with Gasteiger partial charge in [0.2, 0.25) is 0 Å². The predicted octanol–water partition coefficient (Wildman–Crippen LogP) is 28.8. The van der Waals surface area contributed by atoms with Crippen molar-refractivity contribution in [1.82, 2.24) is 24.9 Å². The maximum Gasteiger partial charge on any atom is 0.156 e. The summed E-state index contributed by atoms with van der Waals surface area (Å²) in [5, 5.41) is 72.7. The van der Waals surface area contributed by atoms with E-state index in [2.05, 4.69) is 288 Å². The Morgan fingerprint density at radius 2 is 0.571 bits per heavy atom. The number of aromatic hydroxyl groups is 5. The first kappa shape index (κ1) is 86.2. The molecule has 5 aromatic heterocycles. The number of aromatic nitrogens is 5. The zero-order chi connectivity index (χ0) is 80.2. The van der Waals surface area contributed by atoms with Gasteiger partial charge in [-0.3, -0.25) is 0 Å². The summed E-state index contributed by atoms with van der Waals surface area (Å²) < 4.78 is 9.72. The van der Waals surface area contributed by atoms with Crippen LogP contribution in [0.2, 0.25) is 5.02 Å². The first-order valence-electron chi connectivity index (χ1n) is 34.0. The molecule has 0 unspecified atom stereocenters. The summed E-state index contributed by atoms with van der Waals surface area (Å²) in [5.74, 6) is 0.779. The fourth-order valence-corrected chi connectivity index (χ4v) is 18.8. The van der Waals surface area contributed by atoms with Crippen LogP contribution in [-0.2, 0) is 32.7 Å². The normalized spacial score (nSPS) is 10.9. The van der Waals surface area contributed by atoms with Gasteiger partial charge in [0, 0.05) is 91.7 Å². The minimum Gasteiger partial charge on any atom is -0.505 e. The Balaban J connectivity index is 0.000000139. The molecule has 0 saturated heterocycles. The number of nitrogens with one attached hydrogen (secondary N) is 5. The van der Waals surface area contributed by atoms with E-state index in [1.54, 1.807) is 0 Å². The lowest BCUT2D eigenvalue weighted by atomic mass is 10.1. The first-order chi connectivity index (χ1) is 53.5. The molecule has 10 aromatic carbocycles. The largest absolute Gasteiger partial charge is 0.505 e. The van der Waals surface area contributed by atoms with Gasteiger partial charge in [0.15, 0.2) is 28.7 Å². The summed E-state index contributed by atoms with van der Waals surface area (Å²) in [4.78, 5) is 22.8. The minimum absolute atomic E-state index is 0.142. The molecule has 0 aliphatic heterocycles. The van der Waals surface area contributed by atoms with Gasteiger partial charge >= 0.3 is 0 Å². The number of halogens is 13. The van der Waals surface area contributed by atoms with Crippen LogP contribution in [0.1, 0.15) is 50.7 Å². The highest BCUT2D eigenvalue weighted by molar-refractivity contribution is 9.12. The molecule has 0 bridgehead atoms. The van der Waals surface area contributed by atoms with Gasteiger partial charge in [-0.25, -0.2) is 24.9 Å². The maximum atomic E-state index is 10.2. The number of para-hydroxylation sites is 1. The summed E-state index contributed by atoms with van der Waals surface area (Å²) in [7, 11) is 0. The predicted molar refractivity (Wildman–Crippen MR) is 502 cm³/mol. The van der Waals surface area contributed by atoms with Crippen LogP contribution in [-0.4, -0.2) is 50.5 Å². The molecular formula is C84H65Br12ClN10O5. The van der Waals surface area contributed by atoms with E-state index in [1.807, 2.05) is 183 Å². The van der Waals surface area contributed by atoms with Gasteiger partial charge in [0.1, 0.15) is 27.6 Å². The molecule has 0 amide bonds. The van der Waals surface area contributed by atoms with E-state index in [-0.39, 0.29) is 28.7 Å². The second kappa shape index (κ2) is 39.8. The Labute approximate surface area is 752 Å². The van der Waals surface area contributed by atoms with E-state index in [0.29, 0.717) is 87.7 Å². The zero-order valence-electron chi connectivity index (χ0n) is 59.5. The second-order valence-electron chi connectivity index (χ2n) is 25.4. The Morgan fingerprint density at radius 1 is 0.268 bits per heavy atom. The highest BCUT2D eigenvalue weighted by atomic mass is 79.9. The van der Waals surface area contributed by atoms with Crippen molar-refractivity contribution >= 4 is 286 Å². The fraction of sp³-hybridized carbons (Fsp3) is 0.107. The van der Waals surface area contributed by atoms with Crippen LogP contribution < -0.4 is 26.6 Å². The number of rotatable bonds is 15. The lowest BCUT2D eigenvalue weighted by Gasteiger charge is -2.12. The third kappa shape index (κ3) is 22.5. The number of hydrogen-bond donors (Lipinski definition) is 10. The van der Waals surface area contributed by atoms with Crippen molar-refractivity contribution in [3.8, 4) is 28.7 Å². The van der Waals surface area contributed by atoms with Crippen molar-refractivity contribution in [3.63, 3.8) is 0 Å². The van der Waals surface area contributed by atoms with E-state index < -0.39 is 0 Å². The molecule has 572 valence electrons. The summed E-state index contributed by atoms with van der Waals surface area (Å²) >= 11 is 47.2. The molecule has 15 nitrogen and oxygen atoms in total. The molecule has 0 spiro atoms. The number of phenols is 5. The smallest absolute Gasteiger partial charge is 0.156 e. The van der Waals surface area contributed by atoms with E-state index >= 15 is 0 Å². The van der Waals surface area contributed by atoms with Crippen LogP contribution in [0.5, 0.6) is 28.7 Å². The van der Waals surface area contributed by atoms with Crippen LogP contribution in [0.3, 0.4) is 0 Å². The van der Waals surface area contributed by atoms with Gasteiger partial charge in [-0.2, -0.15) is 0 Å². The Kier molecular flexibility index (Phi) is 30.6. The number of phenolic OH excluding ortho intramolecular Hbond substituents is 5. The maximum absolute atomic E-state index is 10.2. The third-order valence-corrected chi connectivity index (χ3v) is 25.1. The quantitative estimate of drug-likeness (QED) is 0.0461. The SMILES string of the molecule is Cc1cc(Cl)cc(NCc2ccc3c(Br)cc(Br)c(O)c3n2)c1.Cc1cc(NCc2ccc3c(Br)cc(Br)c(O)c3n2)cc(Br)c1C.Cc1cccc(NCc2ccc3c(Br)cc(Br)c(O)c3n2)c1.Oc1c(Br)cc(Br)c2ccc(CNc3ccc(Br)cc3)nc12.Oc1c(Br)cc(Br)c2ccc(CNc3ccccc3)nc12. The van der Waals surface area contributed by atoms with Crippen LogP contribution in [0.15, 0.2) is 254 Å². The van der Waals surface area contributed by atoms with E-state index in [4.69, 9.17) is 11.6 Å². The molecule has 5 heterocycles. The number of fused-ring (bicyclic) bond motifs is 5. The summed E-state index contributed by atoms with van der Waals surface area (Å²) in [6, 6.07) is 64.7. The number of hydrogen-bond acceptors (Lipinski definition) is 15. The Morgan fingerprint density at radius 3 is 0.902 bits per heavy atom. The third-order valence-electron chi connectivity index (χ3n) is 17.2. The summed E-state index contributed by atoms with van der Waals surface area (Å²) in [6.07, 6.45) is 0. The van der Waals surface area contributed by atoms with Crippen LogP contribution in [0.25, 0.3) is 54.5 Å². The Bertz CT molecular complexity index is 5960. The fourth-order valence-electron chi connectivity index (χ4n) is 11.3. The summed E-state index contributed by atoms with van der Waals surface area (Å²) in [6.45, 7) is 11.1. The van der Waals surface area contributed by atoms with Gasteiger partial charge in [-0.15, -0.1) is 0 Å². The molecule has 0 atom stereocenters. The standard InChI is InChI=1S/C18H15Br3N2O.C17H13Br2ClN2O.C17H14Br2N2O.C16H11Br3N2O.C16H12Br2N2O/c1-9-5-12(6-14(19)10(9)2)22-8-11-3-4-13-15(20)7-16(21)18(24)17(13)23-11;1-9-4-10(20)6-12(5-9)21-8-11-2-3-13-14(18)7-15(19)17(23)16(13)22-11;1-10-3-2-4-11(7-10)20-9-12-5-6-13-14(18)8-15(19)17(22)16(13)21-12;17-9-1-3-10(4-2-9)20-8-11-5-6-12-13(18)7-14(19)16(22)15(12)21-11;17-13-8-14(18)16(21)15-12(13)7-6-11(20-15)9-19-10-4-2-1-3-5-10/h3-7,22,24H,8H2,1-2H3;2-7,21,23H,8H2,1H3;2-8,20,22H,9H2,1H3;1-7,20,22H,8H2;1-8,19,21H,9H2. The topological polar surface area (TPSA) is 226 Å². The van der Waals surface area contributed by atoms with E-state index in [1.165, 1.54) is 16.7 Å². The van der Waals surface area contributed by atoms with Crippen LogP contribution in [0.4, 0.5) is 28.4 Å². The molecule has 0 fully saturated rings. The Hall–Kier alpha value is -6.70. The molecule has 0 saturated carbocycles. The van der Waals surface area contributed by atoms with Crippen molar-refractivity contribution in [2.75, 3.05) is 26.6 Å². The zero-order valence-corrected chi connectivity index (χ0v) is 79.3. The van der Waals surface area contributed by atoms with Gasteiger partial charge in [-0.05, 0) is 299 Å². The molecule has 15 rings (SSSR count). The average molecular weight is 2290 g/mol. The van der Waals surface area contributed by atoms with E-state index in [0.717, 1.165) is 121 Å². The number of pyridine rings is 5. The molecule has 112 heavy (non-hydrogen) atoms. The average Bonchev–Trinajstić information content (AvgIpc) is 0.813. The van der Waals surface area contributed by atoms with Gasteiger partial charge < -0.3 is 52.1 Å². The first-order valence-corrected chi connectivity index (χ1v) is 43.9. The van der Waals surface area contributed by atoms with Crippen LogP contribution in [0, 0.1) is 27.7 Å². The number of nitrogens with zero attached hydrogens (tertiary/aromatic N) is 5. The monoisotopic (exact) mass is 2280 g/mol. The van der Waals surface area contributed by atoms with Crippen molar-refractivity contribution in [1.29, 1.82) is 0 Å². The van der Waals surface area contributed by atoms with Crippen LogP contribution >= 0.6 is 203 Å². The van der Waals surface area contributed by atoms with Crippen molar-refractivity contribution in [2.45, 2.75) is 60.4 Å². The molecule has 15 aromatic rings. The molecular weight excluding hydrogens is 2220 g/mol. The minimum atomic E-state index is 0.142. The van der Waals surface area contributed by atoms with Gasteiger partial charge in [0.25, 0.3) is 0 Å². The number of aryl methyl sites for hydroxylation is 3. The highest BCUT2D eigenvalue weighted by Crippen LogP contribution is 2.42. The molecule has 0 aliphatic carbocycles. The highest BCUT2D eigenvalue weighted by Gasteiger charge is 2.17. The van der Waals surface area contributed by atoms with Crippen molar-refractivity contribution < 1.29 is 25.5 Å². The molecule has 0 radical (unpaired) electrons. The number of anilines is 5. The molecule has 10 N–H and O–H groups in total. The molecule has 28 heteroatoms. The number of benzene rings is 10. The van der Waals surface area contributed by atoms with Gasteiger partial charge in [-0.1, -0.05) is 153 Å². The lowest BCUT2D eigenvalue weighted by Crippen LogP contribution is -2.02.